The van der Waals surface area contributed by atoms with Crippen molar-refractivity contribution in [2.24, 2.45) is 0 Å². The van der Waals surface area contributed by atoms with Gasteiger partial charge in [0.15, 0.2) is 0 Å². The maximum atomic E-state index is 9.95. The van der Waals surface area contributed by atoms with Crippen molar-refractivity contribution in [1.29, 1.82) is 0 Å². The molecule has 5 N–H and O–H groups in total. The quantitative estimate of drug-likeness (QED) is 0.489. The van der Waals surface area contributed by atoms with Gasteiger partial charge in [-0.15, -0.1) is 0 Å². The zero-order valence-corrected chi connectivity index (χ0v) is 11.5. The summed E-state index contributed by atoms with van der Waals surface area (Å²) in [5, 5.41) is 47.7. The van der Waals surface area contributed by atoms with E-state index in [1.165, 1.54) is 0 Å². The van der Waals surface area contributed by atoms with Crippen LogP contribution < -0.4 is 0 Å². The molecule has 0 bridgehead atoms. The fraction of sp³-hybridized carbons (Fsp3) is 0.538. The molecule has 0 aromatic heterocycles. The van der Waals surface area contributed by atoms with E-state index < -0.39 is 36.5 Å². The van der Waals surface area contributed by atoms with Crippen LogP contribution in [0.5, 0.6) is 0 Å². The minimum atomic E-state index is -1.39. The lowest BCUT2D eigenvalue weighted by Crippen LogP contribution is -2.57. The number of thioether (sulfide) groups is 1. The van der Waals surface area contributed by atoms with Gasteiger partial charge >= 0.3 is 0 Å². The van der Waals surface area contributed by atoms with Crippen molar-refractivity contribution in [3.63, 3.8) is 0 Å². The highest BCUT2D eigenvalue weighted by Crippen LogP contribution is 2.34. The van der Waals surface area contributed by atoms with Crippen LogP contribution in [0.2, 0.25) is 0 Å². The van der Waals surface area contributed by atoms with E-state index in [1.54, 1.807) is 24.3 Å². The molecule has 7 heteroatoms. The minimum Gasteiger partial charge on any atom is -0.394 e. The summed E-state index contributed by atoms with van der Waals surface area (Å²) in [5.74, 6) is 0. The highest BCUT2D eigenvalue weighted by molar-refractivity contribution is 7.99. The zero-order chi connectivity index (χ0) is 14.7. The Morgan fingerprint density at radius 2 is 1.70 bits per heavy atom. The molecule has 2 rings (SSSR count). The summed E-state index contributed by atoms with van der Waals surface area (Å²) in [7, 11) is 0. The van der Waals surface area contributed by atoms with Gasteiger partial charge in [0.1, 0.15) is 29.9 Å². The summed E-state index contributed by atoms with van der Waals surface area (Å²) in [6.45, 7) is -0.607. The number of hydrogen-bond donors (Lipinski definition) is 5. The van der Waals surface area contributed by atoms with E-state index in [0.717, 1.165) is 11.8 Å². The molecule has 1 fully saturated rings. The average Bonchev–Trinajstić information content (AvgIpc) is 2.48. The van der Waals surface area contributed by atoms with E-state index in [9.17, 15) is 20.4 Å². The van der Waals surface area contributed by atoms with E-state index >= 15 is 0 Å². The molecule has 0 spiro atoms. The molecule has 1 aliphatic rings. The van der Waals surface area contributed by atoms with Crippen molar-refractivity contribution in [2.75, 3.05) is 6.61 Å². The molecule has 0 amide bonds. The molecule has 0 saturated carbocycles. The number of ether oxygens (including phenoxy) is 1. The first-order valence-corrected chi connectivity index (χ1v) is 7.12. The second-order valence-corrected chi connectivity index (χ2v) is 5.72. The normalized spacial score (nSPS) is 34.1. The van der Waals surface area contributed by atoms with Crippen LogP contribution in [0.25, 0.3) is 0 Å². The van der Waals surface area contributed by atoms with Gasteiger partial charge < -0.3 is 30.3 Å². The fourth-order valence-corrected chi connectivity index (χ4v) is 3.23. The first kappa shape index (κ1) is 15.7. The van der Waals surface area contributed by atoms with Gasteiger partial charge in [-0.25, -0.2) is 0 Å². The second-order valence-electron chi connectivity index (χ2n) is 4.58. The van der Waals surface area contributed by atoms with Crippen LogP contribution in [0.4, 0.5) is 0 Å². The maximum Gasteiger partial charge on any atom is 0.136 e. The molecule has 6 nitrogen and oxygen atoms in total. The Bertz CT molecular complexity index is 441. The molecule has 1 heterocycles. The summed E-state index contributed by atoms with van der Waals surface area (Å²) in [4.78, 5) is 0.708. The number of benzene rings is 1. The smallest absolute Gasteiger partial charge is 0.136 e. The van der Waals surface area contributed by atoms with Crippen molar-refractivity contribution in [2.45, 2.75) is 41.4 Å². The molecular formula is C13H18O6S. The number of hydrogen-bond acceptors (Lipinski definition) is 7. The molecule has 0 aliphatic carbocycles. The van der Waals surface area contributed by atoms with Gasteiger partial charge in [0.2, 0.25) is 0 Å². The highest BCUT2D eigenvalue weighted by atomic mass is 32.2. The van der Waals surface area contributed by atoms with Crippen LogP contribution in [0.1, 0.15) is 5.56 Å². The van der Waals surface area contributed by atoms with Gasteiger partial charge in [-0.3, -0.25) is 0 Å². The lowest BCUT2D eigenvalue weighted by Gasteiger charge is -2.39. The van der Waals surface area contributed by atoms with Crippen molar-refractivity contribution >= 4 is 11.8 Å². The molecule has 0 radical (unpaired) electrons. The molecule has 5 atom stereocenters. The standard InChI is InChI=1S/C13H18O6S/c14-5-7-3-1-2-4-9(7)20-13-12(18)11(17)10(16)8(6-15)19-13/h1-4,8,10-18H,5-6H2/t8-,10-,11+,12-,13+/m1/s1. The van der Waals surface area contributed by atoms with Crippen molar-refractivity contribution in [1.82, 2.24) is 0 Å². The Morgan fingerprint density at radius 1 is 1.00 bits per heavy atom. The van der Waals surface area contributed by atoms with E-state index in [4.69, 9.17) is 9.84 Å². The van der Waals surface area contributed by atoms with Crippen LogP contribution >= 0.6 is 11.8 Å². The van der Waals surface area contributed by atoms with Crippen LogP contribution in [0.15, 0.2) is 29.2 Å². The Hall–Kier alpha value is -0.670. The van der Waals surface area contributed by atoms with Gasteiger partial charge in [0.05, 0.1) is 13.2 Å². The summed E-state index contributed by atoms with van der Waals surface area (Å²) in [6.07, 6.45) is -4.96. The zero-order valence-electron chi connectivity index (χ0n) is 10.7. The van der Waals surface area contributed by atoms with Gasteiger partial charge in [-0.1, -0.05) is 30.0 Å². The largest absolute Gasteiger partial charge is 0.394 e. The molecule has 0 unspecified atom stereocenters. The summed E-state index contributed by atoms with van der Waals surface area (Å²) in [6, 6.07) is 7.07. The number of rotatable bonds is 4. The second kappa shape index (κ2) is 6.86. The van der Waals surface area contributed by atoms with E-state index in [-0.39, 0.29) is 6.61 Å². The van der Waals surface area contributed by atoms with E-state index in [1.807, 2.05) is 0 Å². The summed E-state index contributed by atoms with van der Waals surface area (Å²) >= 11 is 1.13. The van der Waals surface area contributed by atoms with Gasteiger partial charge in [0.25, 0.3) is 0 Å². The molecule has 1 saturated heterocycles. The van der Waals surface area contributed by atoms with Crippen LogP contribution in [-0.4, -0.2) is 62.0 Å². The topological polar surface area (TPSA) is 110 Å². The summed E-state index contributed by atoms with van der Waals surface area (Å²) < 4.78 is 5.41. The van der Waals surface area contributed by atoms with Gasteiger partial charge in [-0.05, 0) is 11.6 Å². The SMILES string of the molecule is OCc1ccccc1S[C@@H]1O[C@H](CO)[C@@H](O)[C@H](O)[C@H]1O. The van der Waals surface area contributed by atoms with Crippen LogP contribution in [-0.2, 0) is 11.3 Å². The molecule has 1 aromatic rings. The number of aliphatic hydroxyl groups is 5. The van der Waals surface area contributed by atoms with E-state index in [0.29, 0.717) is 10.5 Å². The predicted molar refractivity (Wildman–Crippen MR) is 72.0 cm³/mol. The Kier molecular flexibility index (Phi) is 5.39. The first-order chi connectivity index (χ1) is 9.58. The Morgan fingerprint density at radius 3 is 2.35 bits per heavy atom. The van der Waals surface area contributed by atoms with E-state index in [2.05, 4.69) is 0 Å². The lowest BCUT2D eigenvalue weighted by molar-refractivity contribution is -0.205. The summed E-state index contributed by atoms with van der Waals surface area (Å²) in [5.41, 5.74) is -0.160. The number of aliphatic hydroxyl groups excluding tert-OH is 5. The molecule has 112 valence electrons. The molecular weight excluding hydrogens is 284 g/mol. The fourth-order valence-electron chi connectivity index (χ4n) is 2.04. The average molecular weight is 302 g/mol. The lowest BCUT2D eigenvalue weighted by atomic mass is 10.0. The highest BCUT2D eigenvalue weighted by Gasteiger charge is 2.43. The van der Waals surface area contributed by atoms with Crippen LogP contribution in [0.3, 0.4) is 0 Å². The third-order valence-corrected chi connectivity index (χ3v) is 4.51. The van der Waals surface area contributed by atoms with Crippen molar-refractivity contribution < 1.29 is 30.3 Å². The molecule has 20 heavy (non-hydrogen) atoms. The third kappa shape index (κ3) is 3.15. The van der Waals surface area contributed by atoms with Crippen LogP contribution in [0, 0.1) is 0 Å². The Labute approximate surface area is 120 Å². The molecule has 1 aliphatic heterocycles. The first-order valence-electron chi connectivity index (χ1n) is 6.24. The molecule has 1 aromatic carbocycles. The Balaban J connectivity index is 2.15. The third-order valence-electron chi connectivity index (χ3n) is 3.23. The monoisotopic (exact) mass is 302 g/mol. The predicted octanol–water partition coefficient (Wildman–Crippen LogP) is -0.929. The van der Waals surface area contributed by atoms with Gasteiger partial charge in [-0.2, -0.15) is 0 Å². The van der Waals surface area contributed by atoms with Gasteiger partial charge in [0, 0.05) is 4.90 Å². The maximum absolute atomic E-state index is 9.95. The van der Waals surface area contributed by atoms with Crippen molar-refractivity contribution in [3.8, 4) is 0 Å². The minimum absolute atomic E-state index is 0.152. The van der Waals surface area contributed by atoms with Crippen molar-refractivity contribution in [3.05, 3.63) is 29.8 Å².